The van der Waals surface area contributed by atoms with Crippen LogP contribution in [-0.2, 0) is 6.42 Å². The van der Waals surface area contributed by atoms with E-state index in [4.69, 9.17) is 5.11 Å². The van der Waals surface area contributed by atoms with Crippen LogP contribution in [0.25, 0.3) is 0 Å². The number of nitrogens with zero attached hydrogens (tertiary/aromatic N) is 1. The molecule has 0 aliphatic carbocycles. The minimum absolute atomic E-state index is 0.0955. The predicted molar refractivity (Wildman–Crippen MR) is 65.7 cm³/mol. The van der Waals surface area contributed by atoms with Crippen molar-refractivity contribution in [3.63, 3.8) is 0 Å². The normalized spacial score (nSPS) is 15.3. The van der Waals surface area contributed by atoms with Gasteiger partial charge in [-0.25, -0.2) is 9.18 Å². The fourth-order valence-corrected chi connectivity index (χ4v) is 1.93. The summed E-state index contributed by atoms with van der Waals surface area (Å²) in [6.07, 6.45) is 0.684. The Morgan fingerprint density at radius 2 is 2.06 bits per heavy atom. The van der Waals surface area contributed by atoms with Crippen LogP contribution in [0.3, 0.4) is 0 Å². The number of benzene rings is 1. The first kappa shape index (κ1) is 12.8. The lowest BCUT2D eigenvalue weighted by atomic mass is 10.0. The minimum Gasteiger partial charge on any atom is -0.396 e. The Kier molecular flexibility index (Phi) is 4.15. The van der Waals surface area contributed by atoms with Crippen LogP contribution in [0.2, 0.25) is 0 Å². The maximum Gasteiger partial charge on any atom is 0.317 e. The molecule has 98 valence electrons. The first-order chi connectivity index (χ1) is 8.69. The van der Waals surface area contributed by atoms with Crippen molar-refractivity contribution in [3.8, 4) is 0 Å². The molecule has 2 N–H and O–H groups in total. The van der Waals surface area contributed by atoms with Gasteiger partial charge in [0.05, 0.1) is 0 Å². The largest absolute Gasteiger partial charge is 0.396 e. The van der Waals surface area contributed by atoms with E-state index in [1.54, 1.807) is 17.0 Å². The fraction of sp³-hybridized carbons (Fsp3) is 0.462. The van der Waals surface area contributed by atoms with Crippen molar-refractivity contribution >= 4 is 6.03 Å². The topological polar surface area (TPSA) is 52.6 Å². The maximum atomic E-state index is 12.7. The number of hydrogen-bond donors (Lipinski definition) is 2. The smallest absolute Gasteiger partial charge is 0.317 e. The van der Waals surface area contributed by atoms with Gasteiger partial charge in [0.25, 0.3) is 0 Å². The summed E-state index contributed by atoms with van der Waals surface area (Å²) in [5.41, 5.74) is 0.994. The van der Waals surface area contributed by atoms with Crippen LogP contribution in [0.15, 0.2) is 24.3 Å². The average molecular weight is 252 g/mol. The summed E-state index contributed by atoms with van der Waals surface area (Å²) in [4.78, 5) is 13.3. The van der Waals surface area contributed by atoms with E-state index in [0.717, 1.165) is 5.56 Å². The predicted octanol–water partition coefficient (Wildman–Crippen LogP) is 1.00. The molecule has 1 saturated heterocycles. The highest BCUT2D eigenvalue weighted by Crippen LogP contribution is 2.14. The third-order valence-corrected chi connectivity index (χ3v) is 3.11. The Morgan fingerprint density at radius 3 is 2.67 bits per heavy atom. The van der Waals surface area contributed by atoms with E-state index in [0.29, 0.717) is 26.1 Å². The van der Waals surface area contributed by atoms with Crippen molar-refractivity contribution < 1.29 is 14.3 Å². The molecule has 0 aromatic heterocycles. The SMILES string of the molecule is O=C(NCCc1ccc(F)cc1)N1CC(CO)C1. The summed E-state index contributed by atoms with van der Waals surface area (Å²) in [6.45, 7) is 1.92. The number of aliphatic hydroxyl groups excluding tert-OH is 1. The van der Waals surface area contributed by atoms with Gasteiger partial charge in [-0.15, -0.1) is 0 Å². The van der Waals surface area contributed by atoms with Gasteiger partial charge in [0.2, 0.25) is 0 Å². The molecule has 0 bridgehead atoms. The molecule has 2 rings (SSSR count). The highest BCUT2D eigenvalue weighted by atomic mass is 19.1. The van der Waals surface area contributed by atoms with E-state index in [1.165, 1.54) is 12.1 Å². The quantitative estimate of drug-likeness (QED) is 0.840. The summed E-state index contributed by atoms with van der Waals surface area (Å²) in [7, 11) is 0. The summed E-state index contributed by atoms with van der Waals surface area (Å²) in [5, 5.41) is 11.6. The van der Waals surface area contributed by atoms with Gasteiger partial charge in [0.15, 0.2) is 0 Å². The van der Waals surface area contributed by atoms with E-state index < -0.39 is 0 Å². The molecular formula is C13H17FN2O2. The number of aliphatic hydroxyl groups is 1. The number of likely N-dealkylation sites (tertiary alicyclic amines) is 1. The summed E-state index contributed by atoms with van der Waals surface area (Å²) in [6, 6.07) is 6.17. The molecule has 1 aliphatic heterocycles. The minimum atomic E-state index is -0.251. The summed E-state index contributed by atoms with van der Waals surface area (Å²) < 4.78 is 12.7. The zero-order valence-corrected chi connectivity index (χ0v) is 10.1. The number of urea groups is 1. The van der Waals surface area contributed by atoms with Gasteiger partial charge in [0.1, 0.15) is 5.82 Å². The highest BCUT2D eigenvalue weighted by molar-refractivity contribution is 5.75. The van der Waals surface area contributed by atoms with Crippen LogP contribution in [0, 0.1) is 11.7 Å². The van der Waals surface area contributed by atoms with Crippen LogP contribution in [-0.4, -0.2) is 42.3 Å². The lowest BCUT2D eigenvalue weighted by Crippen LogP contribution is -2.55. The Hall–Kier alpha value is -1.62. The molecule has 0 saturated carbocycles. The molecule has 0 spiro atoms. The third-order valence-electron chi connectivity index (χ3n) is 3.11. The Morgan fingerprint density at radius 1 is 1.39 bits per heavy atom. The van der Waals surface area contributed by atoms with Gasteiger partial charge in [-0.05, 0) is 24.1 Å². The van der Waals surface area contributed by atoms with Crippen LogP contribution in [0.4, 0.5) is 9.18 Å². The lowest BCUT2D eigenvalue weighted by molar-refractivity contribution is 0.0778. The molecule has 0 unspecified atom stereocenters. The summed E-state index contributed by atoms with van der Waals surface area (Å²) in [5.74, 6) is -0.0220. The zero-order valence-electron chi connectivity index (χ0n) is 10.1. The van der Waals surface area contributed by atoms with Gasteiger partial charge < -0.3 is 15.3 Å². The van der Waals surface area contributed by atoms with E-state index in [9.17, 15) is 9.18 Å². The molecule has 1 aromatic rings. The van der Waals surface area contributed by atoms with Crippen molar-refractivity contribution in [2.45, 2.75) is 6.42 Å². The monoisotopic (exact) mass is 252 g/mol. The van der Waals surface area contributed by atoms with E-state index >= 15 is 0 Å². The number of carbonyl (C=O) groups is 1. The number of carbonyl (C=O) groups excluding carboxylic acids is 1. The molecule has 2 amide bonds. The number of nitrogens with one attached hydrogen (secondary N) is 1. The molecule has 1 aliphatic rings. The second-order valence-corrected chi connectivity index (χ2v) is 4.56. The molecule has 1 aromatic carbocycles. The van der Waals surface area contributed by atoms with E-state index in [2.05, 4.69) is 5.32 Å². The molecule has 18 heavy (non-hydrogen) atoms. The zero-order chi connectivity index (χ0) is 13.0. The first-order valence-corrected chi connectivity index (χ1v) is 6.07. The van der Waals surface area contributed by atoms with Gasteiger partial charge in [-0.2, -0.15) is 0 Å². The first-order valence-electron chi connectivity index (χ1n) is 6.07. The maximum absolute atomic E-state index is 12.7. The molecule has 5 heteroatoms. The number of halogens is 1. The Labute approximate surface area is 105 Å². The van der Waals surface area contributed by atoms with Crippen molar-refractivity contribution in [2.75, 3.05) is 26.2 Å². The van der Waals surface area contributed by atoms with Gasteiger partial charge >= 0.3 is 6.03 Å². The Bertz CT molecular complexity index is 402. The third kappa shape index (κ3) is 3.20. The van der Waals surface area contributed by atoms with Crippen molar-refractivity contribution in [3.05, 3.63) is 35.6 Å². The second kappa shape index (κ2) is 5.82. The van der Waals surface area contributed by atoms with Crippen molar-refractivity contribution in [2.24, 2.45) is 5.92 Å². The van der Waals surface area contributed by atoms with Gasteiger partial charge in [-0.1, -0.05) is 12.1 Å². The number of amides is 2. The standard InChI is InChI=1S/C13H17FN2O2/c14-12-3-1-10(2-4-12)5-6-15-13(18)16-7-11(8-16)9-17/h1-4,11,17H,5-9H2,(H,15,18). The second-order valence-electron chi connectivity index (χ2n) is 4.56. The molecule has 4 nitrogen and oxygen atoms in total. The summed E-state index contributed by atoms with van der Waals surface area (Å²) >= 11 is 0. The lowest BCUT2D eigenvalue weighted by Gasteiger charge is -2.38. The molecule has 1 heterocycles. The Balaban J connectivity index is 1.66. The molecule has 0 atom stereocenters. The van der Waals surface area contributed by atoms with Crippen LogP contribution in [0.1, 0.15) is 5.56 Å². The molecule has 1 fully saturated rings. The van der Waals surface area contributed by atoms with Gasteiger partial charge in [-0.3, -0.25) is 0 Å². The van der Waals surface area contributed by atoms with E-state index in [-0.39, 0.29) is 24.4 Å². The van der Waals surface area contributed by atoms with Crippen molar-refractivity contribution in [1.29, 1.82) is 0 Å². The average Bonchev–Trinajstić information content (AvgIpc) is 2.30. The highest BCUT2D eigenvalue weighted by Gasteiger charge is 2.29. The number of rotatable bonds is 4. The molecule has 0 radical (unpaired) electrons. The van der Waals surface area contributed by atoms with E-state index in [1.807, 2.05) is 0 Å². The van der Waals surface area contributed by atoms with Crippen LogP contribution in [0.5, 0.6) is 0 Å². The van der Waals surface area contributed by atoms with Crippen LogP contribution >= 0.6 is 0 Å². The van der Waals surface area contributed by atoms with Crippen LogP contribution < -0.4 is 5.32 Å². The fourth-order valence-electron chi connectivity index (χ4n) is 1.93. The number of hydrogen-bond acceptors (Lipinski definition) is 2. The molecular weight excluding hydrogens is 235 g/mol. The van der Waals surface area contributed by atoms with Crippen molar-refractivity contribution in [1.82, 2.24) is 10.2 Å². The van der Waals surface area contributed by atoms with Gasteiger partial charge in [0, 0.05) is 32.2 Å².